The van der Waals surface area contributed by atoms with E-state index in [1.165, 1.54) is 0 Å². The molecule has 1 aliphatic heterocycles. The van der Waals surface area contributed by atoms with Gasteiger partial charge >= 0.3 is 0 Å². The molecule has 1 aromatic rings. The number of nitrogens with two attached hydrogens (primary N) is 1. The van der Waals surface area contributed by atoms with Gasteiger partial charge in [0, 0.05) is 12.6 Å². The van der Waals surface area contributed by atoms with E-state index in [0.29, 0.717) is 13.2 Å². The van der Waals surface area contributed by atoms with Crippen LogP contribution in [0.5, 0.6) is 0 Å². The molecule has 1 amide bonds. The smallest absolute Gasteiger partial charge is 0.234 e. The lowest BCUT2D eigenvalue weighted by Crippen LogP contribution is -2.52. The summed E-state index contributed by atoms with van der Waals surface area (Å²) < 4.78 is 0. The molecule has 0 saturated carbocycles. The zero-order chi connectivity index (χ0) is 12.8. The van der Waals surface area contributed by atoms with Gasteiger partial charge in [-0.15, -0.1) is 0 Å². The average Bonchev–Trinajstić information content (AvgIpc) is 2.40. The van der Waals surface area contributed by atoms with Crippen molar-refractivity contribution in [2.75, 3.05) is 6.54 Å². The summed E-state index contributed by atoms with van der Waals surface area (Å²) in [5, 5.41) is 3.10. The Morgan fingerprint density at radius 2 is 2.17 bits per heavy atom. The van der Waals surface area contributed by atoms with Crippen LogP contribution in [0.3, 0.4) is 0 Å². The fourth-order valence-electron chi connectivity index (χ4n) is 2.02. The topological polar surface area (TPSA) is 76.4 Å². The van der Waals surface area contributed by atoms with Gasteiger partial charge in [0.25, 0.3) is 0 Å². The highest BCUT2D eigenvalue weighted by Gasteiger charge is 2.23. The molecule has 5 heteroatoms. The van der Waals surface area contributed by atoms with Crippen LogP contribution in [0.15, 0.2) is 30.3 Å². The van der Waals surface area contributed by atoms with Gasteiger partial charge in [-0.2, -0.15) is 5.48 Å². The lowest BCUT2D eigenvalue weighted by Gasteiger charge is -2.28. The van der Waals surface area contributed by atoms with E-state index in [2.05, 4.69) is 10.8 Å². The molecular weight excluding hydrogens is 230 g/mol. The fourth-order valence-corrected chi connectivity index (χ4v) is 2.02. The first-order valence-electron chi connectivity index (χ1n) is 6.19. The van der Waals surface area contributed by atoms with E-state index < -0.39 is 0 Å². The van der Waals surface area contributed by atoms with Gasteiger partial charge in [-0.05, 0) is 18.4 Å². The number of primary amides is 1. The SMILES string of the molecule is NC(=O)[C@@H]1CCC(NOCc2ccccc2)CN1. The van der Waals surface area contributed by atoms with Crippen LogP contribution in [0.4, 0.5) is 0 Å². The van der Waals surface area contributed by atoms with Crippen molar-refractivity contribution in [1.82, 2.24) is 10.8 Å². The second-order valence-corrected chi connectivity index (χ2v) is 4.53. The highest BCUT2D eigenvalue weighted by Crippen LogP contribution is 2.08. The number of nitrogens with one attached hydrogen (secondary N) is 2. The molecule has 1 fully saturated rings. The van der Waals surface area contributed by atoms with Crippen molar-refractivity contribution < 1.29 is 9.63 Å². The number of hydrogen-bond donors (Lipinski definition) is 3. The van der Waals surface area contributed by atoms with Crippen LogP contribution in [0, 0.1) is 0 Å². The van der Waals surface area contributed by atoms with Crippen molar-refractivity contribution in [3.05, 3.63) is 35.9 Å². The van der Waals surface area contributed by atoms with Gasteiger partial charge in [0.15, 0.2) is 0 Å². The van der Waals surface area contributed by atoms with Crippen LogP contribution in [0.2, 0.25) is 0 Å². The second-order valence-electron chi connectivity index (χ2n) is 4.53. The van der Waals surface area contributed by atoms with Crippen molar-refractivity contribution in [2.45, 2.75) is 31.5 Å². The summed E-state index contributed by atoms with van der Waals surface area (Å²) in [6, 6.07) is 10.0. The first kappa shape index (κ1) is 13.0. The molecule has 98 valence electrons. The summed E-state index contributed by atoms with van der Waals surface area (Å²) in [6.07, 6.45) is 1.64. The van der Waals surface area contributed by atoms with E-state index in [1.807, 2.05) is 30.3 Å². The van der Waals surface area contributed by atoms with E-state index in [0.717, 1.165) is 18.4 Å². The third-order valence-electron chi connectivity index (χ3n) is 3.09. The molecule has 1 unspecified atom stereocenters. The Kier molecular flexibility index (Phi) is 4.69. The Hall–Kier alpha value is -1.43. The lowest BCUT2D eigenvalue weighted by atomic mass is 10.0. The maximum Gasteiger partial charge on any atom is 0.234 e. The number of carbonyl (C=O) groups excluding carboxylic acids is 1. The van der Waals surface area contributed by atoms with Crippen LogP contribution < -0.4 is 16.5 Å². The van der Waals surface area contributed by atoms with Crippen LogP contribution >= 0.6 is 0 Å². The summed E-state index contributed by atoms with van der Waals surface area (Å²) in [6.45, 7) is 1.24. The molecule has 2 atom stereocenters. The predicted octanol–water partition coefficient (Wildman–Crippen LogP) is 0.314. The largest absolute Gasteiger partial charge is 0.368 e. The van der Waals surface area contributed by atoms with Gasteiger partial charge < -0.3 is 11.1 Å². The van der Waals surface area contributed by atoms with Crippen LogP contribution in [-0.4, -0.2) is 24.5 Å². The van der Waals surface area contributed by atoms with Gasteiger partial charge in [0.1, 0.15) is 0 Å². The minimum absolute atomic E-state index is 0.197. The quantitative estimate of drug-likeness (QED) is 0.657. The lowest BCUT2D eigenvalue weighted by molar-refractivity contribution is -0.120. The van der Waals surface area contributed by atoms with Crippen molar-refractivity contribution >= 4 is 5.91 Å². The number of amides is 1. The molecule has 1 aliphatic rings. The predicted molar refractivity (Wildman–Crippen MR) is 68.4 cm³/mol. The second kappa shape index (κ2) is 6.49. The van der Waals surface area contributed by atoms with Gasteiger partial charge in [0.05, 0.1) is 12.6 Å². The van der Waals surface area contributed by atoms with E-state index in [1.54, 1.807) is 0 Å². The summed E-state index contributed by atoms with van der Waals surface area (Å²) in [4.78, 5) is 16.4. The number of hydroxylamine groups is 1. The van der Waals surface area contributed by atoms with Gasteiger partial charge in [0.2, 0.25) is 5.91 Å². The highest BCUT2D eigenvalue weighted by atomic mass is 16.6. The number of hydrogen-bond acceptors (Lipinski definition) is 4. The maximum atomic E-state index is 11.0. The number of carbonyl (C=O) groups is 1. The molecule has 1 heterocycles. The van der Waals surface area contributed by atoms with E-state index in [4.69, 9.17) is 10.6 Å². The highest BCUT2D eigenvalue weighted by molar-refractivity contribution is 5.79. The van der Waals surface area contributed by atoms with Gasteiger partial charge in [-0.25, -0.2) is 0 Å². The average molecular weight is 249 g/mol. The monoisotopic (exact) mass is 249 g/mol. The van der Waals surface area contributed by atoms with Crippen molar-refractivity contribution in [3.8, 4) is 0 Å². The third-order valence-corrected chi connectivity index (χ3v) is 3.09. The molecule has 0 aromatic heterocycles. The van der Waals surface area contributed by atoms with E-state index in [-0.39, 0.29) is 18.0 Å². The molecule has 0 spiro atoms. The standard InChI is InChI=1S/C13H19N3O2/c14-13(17)12-7-6-11(8-15-12)16-18-9-10-4-2-1-3-5-10/h1-5,11-12,15-16H,6-9H2,(H2,14,17)/t11?,12-/m0/s1. The van der Waals surface area contributed by atoms with E-state index >= 15 is 0 Å². The summed E-state index contributed by atoms with van der Waals surface area (Å²) in [5.41, 5.74) is 9.38. The Morgan fingerprint density at radius 1 is 1.39 bits per heavy atom. The van der Waals surface area contributed by atoms with Gasteiger partial charge in [-0.3, -0.25) is 9.63 Å². The molecular formula is C13H19N3O2. The molecule has 1 aromatic carbocycles. The Morgan fingerprint density at radius 3 is 2.78 bits per heavy atom. The van der Waals surface area contributed by atoms with Gasteiger partial charge in [-0.1, -0.05) is 30.3 Å². The fraction of sp³-hybridized carbons (Fsp3) is 0.462. The Bertz CT molecular complexity index is 375. The molecule has 0 radical (unpaired) electrons. The molecule has 1 saturated heterocycles. The van der Waals surface area contributed by atoms with Crippen LogP contribution in [-0.2, 0) is 16.2 Å². The number of piperidine rings is 1. The molecule has 0 aliphatic carbocycles. The van der Waals surface area contributed by atoms with Crippen LogP contribution in [0.1, 0.15) is 18.4 Å². The number of rotatable bonds is 5. The molecule has 5 nitrogen and oxygen atoms in total. The Balaban J connectivity index is 1.65. The molecule has 0 bridgehead atoms. The zero-order valence-electron chi connectivity index (χ0n) is 10.3. The van der Waals surface area contributed by atoms with E-state index in [9.17, 15) is 4.79 Å². The summed E-state index contributed by atoms with van der Waals surface area (Å²) in [5.74, 6) is -0.279. The minimum Gasteiger partial charge on any atom is -0.368 e. The van der Waals surface area contributed by atoms with Crippen molar-refractivity contribution in [3.63, 3.8) is 0 Å². The van der Waals surface area contributed by atoms with Crippen LogP contribution in [0.25, 0.3) is 0 Å². The Labute approximate surface area is 107 Å². The summed E-state index contributed by atoms with van der Waals surface area (Å²) in [7, 11) is 0. The summed E-state index contributed by atoms with van der Waals surface area (Å²) >= 11 is 0. The molecule has 4 N–H and O–H groups in total. The minimum atomic E-state index is -0.279. The normalized spacial score (nSPS) is 23.8. The molecule has 2 rings (SSSR count). The third kappa shape index (κ3) is 3.80. The first-order valence-corrected chi connectivity index (χ1v) is 6.19. The zero-order valence-corrected chi connectivity index (χ0v) is 10.3. The number of benzene rings is 1. The first-order chi connectivity index (χ1) is 8.75. The molecule has 18 heavy (non-hydrogen) atoms. The van der Waals surface area contributed by atoms with Crippen molar-refractivity contribution in [1.29, 1.82) is 0 Å². The van der Waals surface area contributed by atoms with Crippen molar-refractivity contribution in [2.24, 2.45) is 5.73 Å². The maximum absolute atomic E-state index is 11.0.